The van der Waals surface area contributed by atoms with Gasteiger partial charge in [0, 0.05) is 24.8 Å². The van der Waals surface area contributed by atoms with Crippen LogP contribution in [0.1, 0.15) is 24.5 Å². The summed E-state index contributed by atoms with van der Waals surface area (Å²) in [5.74, 6) is 0.627. The molecule has 1 aliphatic rings. The van der Waals surface area contributed by atoms with E-state index in [1.54, 1.807) is 11.8 Å². The van der Waals surface area contributed by atoms with Crippen molar-refractivity contribution in [3.05, 3.63) is 11.8 Å². The number of aromatic nitrogens is 2. The van der Waals surface area contributed by atoms with Crippen molar-refractivity contribution in [2.75, 3.05) is 19.5 Å². The third kappa shape index (κ3) is 2.06. The number of H-pyrrole nitrogens is 1. The molecule has 1 aliphatic heterocycles. The molecule has 0 amide bonds. The number of aromatic amines is 1. The Morgan fingerprint density at radius 3 is 2.92 bits per heavy atom. The molecule has 3 nitrogen and oxygen atoms in total. The van der Waals surface area contributed by atoms with E-state index in [1.165, 1.54) is 5.69 Å². The van der Waals surface area contributed by atoms with Crippen LogP contribution in [0, 0.1) is 0 Å². The van der Waals surface area contributed by atoms with Crippen molar-refractivity contribution >= 4 is 11.8 Å². The van der Waals surface area contributed by atoms with Crippen molar-refractivity contribution < 1.29 is 4.74 Å². The molecule has 1 fully saturated rings. The van der Waals surface area contributed by atoms with Gasteiger partial charge in [-0.05, 0) is 25.2 Å². The summed E-state index contributed by atoms with van der Waals surface area (Å²) in [7, 11) is 0. The Labute approximate surface area is 82.2 Å². The molecule has 0 bridgehead atoms. The van der Waals surface area contributed by atoms with Gasteiger partial charge in [-0.15, -0.1) is 11.8 Å². The van der Waals surface area contributed by atoms with Crippen LogP contribution in [0.3, 0.4) is 0 Å². The molecular weight excluding hydrogens is 184 g/mol. The highest BCUT2D eigenvalue weighted by Crippen LogP contribution is 2.27. The van der Waals surface area contributed by atoms with E-state index in [1.807, 2.05) is 6.26 Å². The largest absolute Gasteiger partial charge is 0.381 e. The zero-order chi connectivity index (χ0) is 9.10. The molecule has 0 unspecified atom stereocenters. The van der Waals surface area contributed by atoms with Gasteiger partial charge in [-0.3, -0.25) is 5.10 Å². The Balaban J connectivity index is 2.05. The minimum absolute atomic E-state index is 0.627. The highest BCUT2D eigenvalue weighted by atomic mass is 32.2. The predicted octanol–water partition coefficient (Wildman–Crippen LogP) is 2.03. The van der Waals surface area contributed by atoms with Crippen molar-refractivity contribution in [2.24, 2.45) is 0 Å². The van der Waals surface area contributed by atoms with Gasteiger partial charge in [-0.2, -0.15) is 5.10 Å². The topological polar surface area (TPSA) is 37.9 Å². The molecule has 2 rings (SSSR count). The minimum atomic E-state index is 0.627. The molecular formula is C9H14N2OS. The molecule has 0 radical (unpaired) electrons. The van der Waals surface area contributed by atoms with E-state index in [9.17, 15) is 0 Å². The van der Waals surface area contributed by atoms with Gasteiger partial charge in [0.05, 0.1) is 0 Å². The van der Waals surface area contributed by atoms with Crippen LogP contribution in [-0.4, -0.2) is 29.7 Å². The van der Waals surface area contributed by atoms with E-state index < -0.39 is 0 Å². The average molecular weight is 198 g/mol. The summed E-state index contributed by atoms with van der Waals surface area (Å²) in [6.45, 7) is 1.77. The van der Waals surface area contributed by atoms with Gasteiger partial charge in [0.1, 0.15) is 5.03 Å². The number of hydrogen-bond acceptors (Lipinski definition) is 3. The van der Waals surface area contributed by atoms with Gasteiger partial charge >= 0.3 is 0 Å². The molecule has 0 spiro atoms. The Morgan fingerprint density at radius 1 is 1.54 bits per heavy atom. The first-order valence-corrected chi connectivity index (χ1v) is 5.79. The SMILES string of the molecule is CSc1cc(C2CCOCC2)[nH]n1. The van der Waals surface area contributed by atoms with E-state index in [0.717, 1.165) is 31.1 Å². The smallest absolute Gasteiger partial charge is 0.118 e. The van der Waals surface area contributed by atoms with E-state index in [2.05, 4.69) is 16.3 Å². The fraction of sp³-hybridized carbons (Fsp3) is 0.667. The van der Waals surface area contributed by atoms with Crippen LogP contribution in [0.25, 0.3) is 0 Å². The molecule has 1 aromatic heterocycles. The van der Waals surface area contributed by atoms with E-state index in [4.69, 9.17) is 4.74 Å². The van der Waals surface area contributed by atoms with Crippen LogP contribution in [-0.2, 0) is 4.74 Å². The summed E-state index contributed by atoms with van der Waals surface area (Å²) in [4.78, 5) is 0. The number of thioether (sulfide) groups is 1. The summed E-state index contributed by atoms with van der Waals surface area (Å²) < 4.78 is 5.31. The Hall–Kier alpha value is -0.480. The van der Waals surface area contributed by atoms with Crippen LogP contribution in [0.4, 0.5) is 0 Å². The molecule has 1 N–H and O–H groups in total. The highest BCUT2D eigenvalue weighted by Gasteiger charge is 2.17. The lowest BCUT2D eigenvalue weighted by molar-refractivity contribution is 0.0845. The lowest BCUT2D eigenvalue weighted by atomic mass is 9.97. The number of nitrogens with one attached hydrogen (secondary N) is 1. The molecule has 1 aromatic rings. The lowest BCUT2D eigenvalue weighted by Gasteiger charge is -2.20. The molecule has 72 valence electrons. The summed E-state index contributed by atoms with van der Waals surface area (Å²) in [6, 6.07) is 2.15. The number of rotatable bonds is 2. The van der Waals surface area contributed by atoms with Gasteiger partial charge in [0.25, 0.3) is 0 Å². The zero-order valence-electron chi connectivity index (χ0n) is 7.75. The monoisotopic (exact) mass is 198 g/mol. The number of nitrogens with zero attached hydrogens (tertiary/aromatic N) is 1. The summed E-state index contributed by atoms with van der Waals surface area (Å²) in [6.07, 6.45) is 4.29. The van der Waals surface area contributed by atoms with Crippen molar-refractivity contribution in [3.8, 4) is 0 Å². The van der Waals surface area contributed by atoms with Crippen LogP contribution >= 0.6 is 11.8 Å². The molecule has 0 atom stereocenters. The zero-order valence-corrected chi connectivity index (χ0v) is 8.56. The van der Waals surface area contributed by atoms with Crippen molar-refractivity contribution in [2.45, 2.75) is 23.8 Å². The molecule has 1 saturated heterocycles. The normalized spacial score (nSPS) is 19.2. The maximum absolute atomic E-state index is 5.31. The molecule has 13 heavy (non-hydrogen) atoms. The third-order valence-electron chi connectivity index (χ3n) is 2.44. The average Bonchev–Trinajstić information content (AvgIpc) is 2.67. The number of hydrogen-bond donors (Lipinski definition) is 1. The van der Waals surface area contributed by atoms with Crippen molar-refractivity contribution in [3.63, 3.8) is 0 Å². The van der Waals surface area contributed by atoms with E-state index >= 15 is 0 Å². The van der Waals surface area contributed by atoms with Gasteiger partial charge < -0.3 is 4.74 Å². The number of ether oxygens (including phenoxy) is 1. The Kier molecular flexibility index (Phi) is 2.90. The molecule has 4 heteroatoms. The van der Waals surface area contributed by atoms with Gasteiger partial charge in [0.2, 0.25) is 0 Å². The predicted molar refractivity (Wildman–Crippen MR) is 53.2 cm³/mol. The lowest BCUT2D eigenvalue weighted by Crippen LogP contribution is -2.14. The van der Waals surface area contributed by atoms with Crippen molar-refractivity contribution in [1.82, 2.24) is 10.2 Å². The first-order valence-electron chi connectivity index (χ1n) is 4.57. The summed E-state index contributed by atoms with van der Waals surface area (Å²) >= 11 is 1.68. The van der Waals surface area contributed by atoms with E-state index in [0.29, 0.717) is 5.92 Å². The Bertz CT molecular complexity index is 268. The first-order chi connectivity index (χ1) is 6.40. The van der Waals surface area contributed by atoms with Gasteiger partial charge in [-0.25, -0.2) is 0 Å². The van der Waals surface area contributed by atoms with E-state index in [-0.39, 0.29) is 0 Å². The molecule has 0 aromatic carbocycles. The van der Waals surface area contributed by atoms with Crippen molar-refractivity contribution in [1.29, 1.82) is 0 Å². The van der Waals surface area contributed by atoms with Crippen LogP contribution in [0.15, 0.2) is 11.1 Å². The second kappa shape index (κ2) is 4.15. The second-order valence-electron chi connectivity index (χ2n) is 3.25. The maximum Gasteiger partial charge on any atom is 0.118 e. The van der Waals surface area contributed by atoms with Crippen LogP contribution < -0.4 is 0 Å². The maximum atomic E-state index is 5.31. The summed E-state index contributed by atoms with van der Waals surface area (Å²) in [5.41, 5.74) is 1.27. The fourth-order valence-electron chi connectivity index (χ4n) is 1.64. The fourth-order valence-corrected chi connectivity index (χ4v) is 2.02. The summed E-state index contributed by atoms with van der Waals surface area (Å²) in [5, 5.41) is 8.39. The van der Waals surface area contributed by atoms with Gasteiger partial charge in [-0.1, -0.05) is 0 Å². The molecule has 0 aliphatic carbocycles. The first kappa shape index (κ1) is 9.09. The molecule has 0 saturated carbocycles. The standard InChI is InChI=1S/C9H14N2OS/c1-13-9-6-8(10-11-9)7-2-4-12-5-3-7/h6-7H,2-5H2,1H3,(H,10,11). The molecule has 2 heterocycles. The van der Waals surface area contributed by atoms with Gasteiger partial charge in [0.15, 0.2) is 0 Å². The minimum Gasteiger partial charge on any atom is -0.381 e. The highest BCUT2D eigenvalue weighted by molar-refractivity contribution is 7.98. The quantitative estimate of drug-likeness (QED) is 0.739. The second-order valence-corrected chi connectivity index (χ2v) is 4.08. The van der Waals surface area contributed by atoms with Crippen LogP contribution in [0.2, 0.25) is 0 Å². The third-order valence-corrected chi connectivity index (χ3v) is 3.07. The van der Waals surface area contributed by atoms with Crippen LogP contribution in [0.5, 0.6) is 0 Å². The Morgan fingerprint density at radius 2 is 2.31 bits per heavy atom.